The second-order valence-corrected chi connectivity index (χ2v) is 10.7. The molecule has 0 heterocycles. The number of unbranched alkanes of at least 4 members (excludes halogenated alkanes) is 22. The molecule has 1 amide bonds. The maximum absolute atomic E-state index is 11.5. The molecule has 0 aliphatic carbocycles. The zero-order valence-electron chi connectivity index (χ0n) is 22.8. The number of hydrogen-bond acceptors (Lipinski definition) is 2. The molecular weight excluding hydrogens is 406 g/mol. The number of aliphatic hydroxyl groups is 1. The summed E-state index contributed by atoms with van der Waals surface area (Å²) in [6, 6.07) is 0. The summed E-state index contributed by atoms with van der Waals surface area (Å²) in [5.41, 5.74) is 5.46. The average molecular weight is 468 g/mol. The Morgan fingerprint density at radius 2 is 0.848 bits per heavy atom. The van der Waals surface area contributed by atoms with Crippen LogP contribution in [0.15, 0.2) is 0 Å². The second-order valence-electron chi connectivity index (χ2n) is 10.7. The van der Waals surface area contributed by atoms with Crippen LogP contribution in [0.2, 0.25) is 0 Å². The lowest BCUT2D eigenvalue weighted by molar-refractivity contribution is -0.124. The summed E-state index contributed by atoms with van der Waals surface area (Å²) < 4.78 is 0. The number of carbonyl (C=O) groups is 1. The van der Waals surface area contributed by atoms with Gasteiger partial charge in [-0.05, 0) is 12.3 Å². The first-order valence-electron chi connectivity index (χ1n) is 15.0. The van der Waals surface area contributed by atoms with Crippen molar-refractivity contribution in [2.75, 3.05) is 6.61 Å². The summed E-state index contributed by atoms with van der Waals surface area (Å²) >= 11 is 0. The molecule has 0 radical (unpaired) electrons. The fourth-order valence-electron chi connectivity index (χ4n) is 4.98. The van der Waals surface area contributed by atoms with Crippen LogP contribution in [0.4, 0.5) is 0 Å². The first-order valence-corrected chi connectivity index (χ1v) is 15.0. The van der Waals surface area contributed by atoms with Crippen LogP contribution in [-0.2, 0) is 4.79 Å². The Morgan fingerprint density at radius 3 is 1.09 bits per heavy atom. The van der Waals surface area contributed by atoms with Crippen molar-refractivity contribution in [2.45, 2.75) is 168 Å². The van der Waals surface area contributed by atoms with Gasteiger partial charge in [0.1, 0.15) is 0 Å². The number of hydrogen-bond donors (Lipinski definition) is 2. The molecule has 0 spiro atoms. The first kappa shape index (κ1) is 32.4. The van der Waals surface area contributed by atoms with Gasteiger partial charge in [-0.15, -0.1) is 0 Å². The molecule has 0 aliphatic heterocycles. The van der Waals surface area contributed by atoms with Gasteiger partial charge in [0.2, 0.25) is 5.91 Å². The number of rotatable bonds is 27. The van der Waals surface area contributed by atoms with E-state index in [9.17, 15) is 9.90 Å². The van der Waals surface area contributed by atoms with E-state index in [1.54, 1.807) is 0 Å². The van der Waals surface area contributed by atoms with Crippen molar-refractivity contribution in [2.24, 2.45) is 17.6 Å². The molecule has 0 aromatic carbocycles. The molecule has 0 aliphatic rings. The summed E-state index contributed by atoms with van der Waals surface area (Å²) in [4.78, 5) is 11.5. The van der Waals surface area contributed by atoms with Gasteiger partial charge in [-0.3, -0.25) is 4.79 Å². The van der Waals surface area contributed by atoms with Gasteiger partial charge in [0.15, 0.2) is 0 Å². The van der Waals surface area contributed by atoms with E-state index in [-0.39, 0.29) is 24.3 Å². The molecule has 3 N–H and O–H groups in total. The molecule has 0 aromatic heterocycles. The normalized spacial score (nSPS) is 13.3. The van der Waals surface area contributed by atoms with E-state index in [0.717, 1.165) is 12.8 Å². The van der Waals surface area contributed by atoms with E-state index in [0.29, 0.717) is 0 Å². The van der Waals surface area contributed by atoms with Crippen LogP contribution in [0.5, 0.6) is 0 Å². The lowest BCUT2D eigenvalue weighted by atomic mass is 9.88. The van der Waals surface area contributed by atoms with Gasteiger partial charge in [-0.1, -0.05) is 162 Å². The molecule has 2 unspecified atom stereocenters. The molecule has 0 rings (SSSR count). The molecule has 33 heavy (non-hydrogen) atoms. The van der Waals surface area contributed by atoms with E-state index in [4.69, 9.17) is 5.73 Å². The fraction of sp³-hybridized carbons (Fsp3) is 0.967. The van der Waals surface area contributed by atoms with E-state index in [2.05, 4.69) is 6.92 Å². The topological polar surface area (TPSA) is 63.3 Å². The lowest BCUT2D eigenvalue weighted by Crippen LogP contribution is -2.30. The maximum atomic E-state index is 11.5. The highest BCUT2D eigenvalue weighted by atomic mass is 16.3. The molecule has 0 saturated carbocycles. The summed E-state index contributed by atoms with van der Waals surface area (Å²) in [7, 11) is 0. The largest absolute Gasteiger partial charge is 0.396 e. The Balaban J connectivity index is 3.19. The molecule has 0 saturated heterocycles. The maximum Gasteiger partial charge on any atom is 0.220 e. The van der Waals surface area contributed by atoms with Gasteiger partial charge in [-0.2, -0.15) is 0 Å². The highest BCUT2D eigenvalue weighted by molar-refractivity contribution is 5.76. The third-order valence-electron chi connectivity index (χ3n) is 7.46. The van der Waals surface area contributed by atoms with Crippen LogP contribution in [-0.4, -0.2) is 17.6 Å². The Labute approximate surface area is 208 Å². The molecule has 3 heteroatoms. The molecule has 3 nitrogen and oxygen atoms in total. The zero-order valence-corrected chi connectivity index (χ0v) is 22.8. The molecule has 2 atom stereocenters. The third kappa shape index (κ3) is 23.0. The highest BCUT2D eigenvalue weighted by Crippen LogP contribution is 2.20. The summed E-state index contributed by atoms with van der Waals surface area (Å²) in [6.45, 7) is 4.25. The number of amides is 1. The lowest BCUT2D eigenvalue weighted by Gasteiger charge is -2.18. The predicted octanol–water partition coefficient (Wildman–Crippen LogP) is 9.10. The first-order chi connectivity index (χ1) is 16.1. The second kappa shape index (κ2) is 26.0. The summed E-state index contributed by atoms with van der Waals surface area (Å²) in [5.74, 6) is -0.428. The van der Waals surface area contributed by atoms with E-state index >= 15 is 0 Å². The Kier molecular flexibility index (Phi) is 25.6. The van der Waals surface area contributed by atoms with Gasteiger partial charge in [0.25, 0.3) is 0 Å². The predicted molar refractivity (Wildman–Crippen MR) is 145 cm³/mol. The number of carbonyl (C=O) groups excluding carboxylic acids is 1. The minimum atomic E-state index is -0.254. The van der Waals surface area contributed by atoms with Crippen LogP contribution in [0.25, 0.3) is 0 Å². The van der Waals surface area contributed by atoms with Crippen LogP contribution < -0.4 is 5.73 Å². The van der Waals surface area contributed by atoms with Crippen molar-refractivity contribution in [1.29, 1.82) is 0 Å². The van der Waals surface area contributed by atoms with Gasteiger partial charge in [0, 0.05) is 12.5 Å². The minimum Gasteiger partial charge on any atom is -0.396 e. The standard InChI is InChI=1S/C30H61NO2/c1-3-4-5-6-7-8-9-10-11-12-13-14-15-16-17-18-19-20-21-22-23-24-25-26-29(30(31)33)28(2)27-32/h28-29,32H,3-27H2,1-2H3,(H2,31,33). The molecule has 0 aromatic rings. The Bertz CT molecular complexity index is 399. The fourth-order valence-corrected chi connectivity index (χ4v) is 4.98. The Hall–Kier alpha value is -0.570. The smallest absolute Gasteiger partial charge is 0.220 e. The quantitative estimate of drug-likeness (QED) is 0.118. The van der Waals surface area contributed by atoms with Gasteiger partial charge in [0.05, 0.1) is 0 Å². The van der Waals surface area contributed by atoms with Gasteiger partial charge in [-0.25, -0.2) is 0 Å². The molecule has 0 fully saturated rings. The number of primary amides is 1. The van der Waals surface area contributed by atoms with Crippen LogP contribution in [0, 0.1) is 11.8 Å². The molecular formula is C30H61NO2. The molecule has 0 bridgehead atoms. The van der Waals surface area contributed by atoms with Crippen molar-refractivity contribution in [3.8, 4) is 0 Å². The average Bonchev–Trinajstić information content (AvgIpc) is 2.81. The van der Waals surface area contributed by atoms with Crippen molar-refractivity contribution < 1.29 is 9.90 Å². The monoisotopic (exact) mass is 467 g/mol. The van der Waals surface area contributed by atoms with Crippen LogP contribution in [0.3, 0.4) is 0 Å². The highest BCUT2D eigenvalue weighted by Gasteiger charge is 2.21. The van der Waals surface area contributed by atoms with Crippen molar-refractivity contribution >= 4 is 5.91 Å². The van der Waals surface area contributed by atoms with Crippen LogP contribution in [0.1, 0.15) is 168 Å². The SMILES string of the molecule is CCCCCCCCCCCCCCCCCCCCCCCCCC(C(N)=O)C(C)CO. The van der Waals surface area contributed by atoms with Gasteiger partial charge >= 0.3 is 0 Å². The van der Waals surface area contributed by atoms with Crippen molar-refractivity contribution in [3.05, 3.63) is 0 Å². The van der Waals surface area contributed by atoms with E-state index < -0.39 is 0 Å². The van der Waals surface area contributed by atoms with Gasteiger partial charge < -0.3 is 10.8 Å². The summed E-state index contributed by atoms with van der Waals surface area (Å²) in [5, 5.41) is 9.23. The summed E-state index contributed by atoms with van der Waals surface area (Å²) in [6.07, 6.45) is 32.9. The zero-order chi connectivity index (χ0) is 24.4. The van der Waals surface area contributed by atoms with Crippen molar-refractivity contribution in [1.82, 2.24) is 0 Å². The number of nitrogens with two attached hydrogens (primary N) is 1. The Morgan fingerprint density at radius 1 is 0.576 bits per heavy atom. The van der Waals surface area contributed by atoms with E-state index in [1.165, 1.54) is 141 Å². The van der Waals surface area contributed by atoms with E-state index in [1.807, 2.05) is 6.92 Å². The molecule has 198 valence electrons. The van der Waals surface area contributed by atoms with Crippen LogP contribution >= 0.6 is 0 Å². The van der Waals surface area contributed by atoms with Crippen molar-refractivity contribution in [3.63, 3.8) is 0 Å². The number of aliphatic hydroxyl groups excluding tert-OH is 1. The third-order valence-corrected chi connectivity index (χ3v) is 7.46. The minimum absolute atomic E-state index is 0.0118.